The van der Waals surface area contributed by atoms with Crippen molar-refractivity contribution in [3.05, 3.63) is 11.8 Å². The van der Waals surface area contributed by atoms with E-state index in [-0.39, 0.29) is 18.7 Å². The van der Waals surface area contributed by atoms with Crippen LogP contribution in [-0.2, 0) is 23.7 Å². The second-order valence-corrected chi connectivity index (χ2v) is 4.00. The van der Waals surface area contributed by atoms with Gasteiger partial charge in [-0.1, -0.05) is 0 Å². The number of fused-ring (bicyclic) bond motifs is 1. The van der Waals surface area contributed by atoms with Gasteiger partial charge in [-0.25, -0.2) is 0 Å². The monoisotopic (exact) mass is 214 g/mol. The molecule has 0 radical (unpaired) electrons. The molecule has 0 amide bonds. The summed E-state index contributed by atoms with van der Waals surface area (Å²) in [5.41, 5.74) is 0. The molecule has 2 aliphatic heterocycles. The molecule has 0 saturated carbocycles. The summed E-state index contributed by atoms with van der Waals surface area (Å²) in [5.74, 6) is -0.367. The molecule has 0 bridgehead atoms. The molecule has 0 N–H and O–H groups in total. The molecule has 0 aromatic rings. The highest BCUT2D eigenvalue weighted by molar-refractivity contribution is 5.66. The van der Waals surface area contributed by atoms with Gasteiger partial charge in [0.2, 0.25) is 6.29 Å². The van der Waals surface area contributed by atoms with Gasteiger partial charge in [-0.2, -0.15) is 0 Å². The number of ether oxygens (including phenoxy) is 4. The van der Waals surface area contributed by atoms with Crippen LogP contribution in [0.2, 0.25) is 0 Å². The van der Waals surface area contributed by atoms with Crippen molar-refractivity contribution in [2.45, 2.75) is 39.0 Å². The van der Waals surface area contributed by atoms with Crippen molar-refractivity contribution in [3.63, 3.8) is 0 Å². The largest absolute Gasteiger partial charge is 0.463 e. The Kier molecular flexibility index (Phi) is 2.44. The van der Waals surface area contributed by atoms with Gasteiger partial charge in [0.15, 0.2) is 5.79 Å². The number of carbonyl (C=O) groups is 1. The van der Waals surface area contributed by atoms with Crippen molar-refractivity contribution in [3.8, 4) is 0 Å². The molecule has 15 heavy (non-hydrogen) atoms. The van der Waals surface area contributed by atoms with Crippen LogP contribution >= 0.6 is 0 Å². The lowest BCUT2D eigenvalue weighted by Crippen LogP contribution is -2.22. The topological polar surface area (TPSA) is 54.0 Å². The molecule has 2 atom stereocenters. The van der Waals surface area contributed by atoms with Crippen LogP contribution in [0.3, 0.4) is 0 Å². The van der Waals surface area contributed by atoms with E-state index in [4.69, 9.17) is 18.9 Å². The lowest BCUT2D eigenvalue weighted by Gasteiger charge is -2.17. The Bertz CT molecular complexity index is 307. The predicted octanol–water partition coefficient (Wildman–Crippen LogP) is 0.941. The molecular weight excluding hydrogens is 200 g/mol. The summed E-state index contributed by atoms with van der Waals surface area (Å²) in [6, 6.07) is 0. The second-order valence-electron chi connectivity index (χ2n) is 4.00. The third-order valence-electron chi connectivity index (χ3n) is 2.12. The molecule has 2 heterocycles. The molecule has 2 aliphatic rings. The minimum absolute atomic E-state index is 0.134. The van der Waals surface area contributed by atoms with Gasteiger partial charge in [0.1, 0.15) is 18.5 Å². The van der Waals surface area contributed by atoms with E-state index in [1.165, 1.54) is 6.92 Å². The maximum atomic E-state index is 10.6. The van der Waals surface area contributed by atoms with E-state index in [0.717, 1.165) is 0 Å². The van der Waals surface area contributed by atoms with E-state index < -0.39 is 12.1 Å². The highest BCUT2D eigenvalue weighted by Crippen LogP contribution is 2.35. The summed E-state index contributed by atoms with van der Waals surface area (Å²) in [6.07, 6.45) is 1.17. The Morgan fingerprint density at radius 1 is 1.53 bits per heavy atom. The summed E-state index contributed by atoms with van der Waals surface area (Å²) in [7, 11) is 0. The Balaban J connectivity index is 1.90. The molecule has 0 spiro atoms. The normalized spacial score (nSPS) is 31.8. The van der Waals surface area contributed by atoms with Gasteiger partial charge in [0.25, 0.3) is 0 Å². The highest BCUT2D eigenvalue weighted by atomic mass is 16.8. The lowest BCUT2D eigenvalue weighted by atomic mass is 10.3. The molecule has 5 nitrogen and oxygen atoms in total. The predicted molar refractivity (Wildman–Crippen MR) is 49.6 cm³/mol. The van der Waals surface area contributed by atoms with E-state index in [1.807, 2.05) is 13.8 Å². The van der Waals surface area contributed by atoms with E-state index in [9.17, 15) is 4.79 Å². The minimum Gasteiger partial charge on any atom is -0.463 e. The van der Waals surface area contributed by atoms with Gasteiger partial charge < -0.3 is 18.9 Å². The standard InChI is InChI=1S/C10H14O5/c1-6(11)12-5-7-4-8-9(13-7)15-10(2,3)14-8/h4,8-9H,5H2,1-3H3/t8-,9-/m1/s1. The van der Waals surface area contributed by atoms with Crippen molar-refractivity contribution in [2.24, 2.45) is 0 Å². The summed E-state index contributed by atoms with van der Waals surface area (Å²) in [5, 5.41) is 0. The maximum Gasteiger partial charge on any atom is 0.303 e. The summed E-state index contributed by atoms with van der Waals surface area (Å²) in [4.78, 5) is 10.6. The van der Waals surface area contributed by atoms with Gasteiger partial charge in [-0.15, -0.1) is 0 Å². The van der Waals surface area contributed by atoms with E-state index in [2.05, 4.69) is 0 Å². The van der Waals surface area contributed by atoms with Crippen molar-refractivity contribution in [2.75, 3.05) is 6.61 Å². The van der Waals surface area contributed by atoms with Gasteiger partial charge in [-0.3, -0.25) is 4.79 Å². The van der Waals surface area contributed by atoms with Crippen molar-refractivity contribution in [1.29, 1.82) is 0 Å². The van der Waals surface area contributed by atoms with Crippen LogP contribution in [0.25, 0.3) is 0 Å². The first-order chi connectivity index (χ1) is 6.96. The Hall–Kier alpha value is -1.07. The first-order valence-corrected chi connectivity index (χ1v) is 4.83. The second kappa shape index (κ2) is 3.50. The molecule has 0 aliphatic carbocycles. The first-order valence-electron chi connectivity index (χ1n) is 4.83. The van der Waals surface area contributed by atoms with Crippen molar-refractivity contribution < 1.29 is 23.7 Å². The number of hydrogen-bond donors (Lipinski definition) is 0. The SMILES string of the molecule is CC(=O)OCC1=C[C@H]2OC(C)(C)O[C@H]2O1. The molecule has 0 aromatic heterocycles. The molecule has 1 fully saturated rings. The maximum absolute atomic E-state index is 10.6. The molecule has 1 saturated heterocycles. The smallest absolute Gasteiger partial charge is 0.303 e. The van der Waals surface area contributed by atoms with Gasteiger partial charge in [0, 0.05) is 6.92 Å². The van der Waals surface area contributed by atoms with Crippen LogP contribution in [0.1, 0.15) is 20.8 Å². The van der Waals surface area contributed by atoms with Crippen molar-refractivity contribution >= 4 is 5.97 Å². The van der Waals surface area contributed by atoms with E-state index >= 15 is 0 Å². The molecule has 0 unspecified atom stereocenters. The zero-order valence-electron chi connectivity index (χ0n) is 8.98. The Morgan fingerprint density at radius 3 is 2.87 bits per heavy atom. The molecule has 0 aromatic carbocycles. The number of hydrogen-bond acceptors (Lipinski definition) is 5. The van der Waals surface area contributed by atoms with Crippen LogP contribution in [0.15, 0.2) is 11.8 Å². The molecule has 84 valence electrons. The summed E-state index contributed by atoms with van der Waals surface area (Å²) >= 11 is 0. The van der Waals surface area contributed by atoms with Crippen molar-refractivity contribution in [1.82, 2.24) is 0 Å². The fraction of sp³-hybridized carbons (Fsp3) is 0.700. The average Bonchev–Trinajstić information content (AvgIpc) is 2.53. The molecular formula is C10H14O5. The van der Waals surface area contributed by atoms with Gasteiger partial charge >= 0.3 is 5.97 Å². The van der Waals surface area contributed by atoms with E-state index in [0.29, 0.717) is 5.76 Å². The number of esters is 1. The van der Waals surface area contributed by atoms with Gasteiger partial charge in [0.05, 0.1) is 0 Å². The molecule has 2 rings (SSSR count). The van der Waals surface area contributed by atoms with Crippen LogP contribution in [0, 0.1) is 0 Å². The van der Waals surface area contributed by atoms with E-state index in [1.54, 1.807) is 6.08 Å². The number of carbonyl (C=O) groups excluding carboxylic acids is 1. The van der Waals surface area contributed by atoms with Gasteiger partial charge in [-0.05, 0) is 19.9 Å². The van der Waals surface area contributed by atoms with Crippen LogP contribution in [-0.4, -0.2) is 30.8 Å². The number of rotatable bonds is 2. The fourth-order valence-corrected chi connectivity index (χ4v) is 1.59. The highest BCUT2D eigenvalue weighted by Gasteiger charge is 2.45. The zero-order valence-corrected chi connectivity index (χ0v) is 8.98. The fourth-order valence-electron chi connectivity index (χ4n) is 1.59. The summed E-state index contributed by atoms with van der Waals surface area (Å²) < 4.78 is 21.2. The lowest BCUT2D eigenvalue weighted by molar-refractivity contribution is -0.183. The van der Waals surface area contributed by atoms with Crippen LogP contribution in [0.5, 0.6) is 0 Å². The quantitative estimate of drug-likeness (QED) is 0.640. The van der Waals surface area contributed by atoms with Crippen LogP contribution in [0.4, 0.5) is 0 Å². The first kappa shape index (κ1) is 10.4. The Labute approximate surface area is 87.9 Å². The molecule has 5 heteroatoms. The third kappa shape index (κ3) is 2.30. The minimum atomic E-state index is -0.612. The van der Waals surface area contributed by atoms with Crippen LogP contribution < -0.4 is 0 Å². The zero-order chi connectivity index (χ0) is 11.1. The average molecular weight is 214 g/mol. The third-order valence-corrected chi connectivity index (χ3v) is 2.12. The Morgan fingerprint density at radius 2 is 2.27 bits per heavy atom. The summed E-state index contributed by atoms with van der Waals surface area (Å²) in [6.45, 7) is 5.14.